The molecule has 5 heteroatoms. The molecule has 0 fully saturated rings. The Kier molecular flexibility index (Phi) is 3.53. The van der Waals surface area contributed by atoms with Crippen LogP contribution in [0.25, 0.3) is 10.8 Å². The molecule has 100 valence electrons. The van der Waals surface area contributed by atoms with Crippen molar-refractivity contribution in [2.45, 2.75) is 13.8 Å². The van der Waals surface area contributed by atoms with Gasteiger partial charge in [-0.1, -0.05) is 11.6 Å². The molecule has 0 bridgehead atoms. The Morgan fingerprint density at radius 1 is 1.26 bits per heavy atom. The van der Waals surface area contributed by atoms with Gasteiger partial charge in [-0.15, -0.1) is 0 Å². The summed E-state index contributed by atoms with van der Waals surface area (Å²) in [5.74, 6) is 0.186. The van der Waals surface area contributed by atoms with E-state index in [2.05, 4.69) is 0 Å². The van der Waals surface area contributed by atoms with Crippen molar-refractivity contribution in [3.8, 4) is 17.2 Å². The van der Waals surface area contributed by atoms with Crippen LogP contribution in [0, 0.1) is 6.92 Å². The van der Waals surface area contributed by atoms with E-state index in [-0.39, 0.29) is 11.5 Å². The number of phenols is 1. The van der Waals surface area contributed by atoms with E-state index in [1.807, 2.05) is 0 Å². The minimum atomic E-state index is -0.447. The lowest BCUT2D eigenvalue weighted by Crippen LogP contribution is -2.04. The quantitative estimate of drug-likeness (QED) is 0.676. The summed E-state index contributed by atoms with van der Waals surface area (Å²) in [5, 5.41) is 11.7. The number of phenolic OH excluding ortho intramolecular Hbond substituents is 1. The number of ether oxygens (including phenoxy) is 2. The average molecular weight is 281 g/mol. The van der Waals surface area contributed by atoms with Gasteiger partial charge in [-0.05, 0) is 25.1 Å². The van der Waals surface area contributed by atoms with Crippen LogP contribution >= 0.6 is 11.6 Å². The Morgan fingerprint density at radius 2 is 1.95 bits per heavy atom. The normalized spacial score (nSPS) is 10.5. The Bertz CT molecular complexity index is 664. The first kappa shape index (κ1) is 13.5. The maximum atomic E-state index is 11.2. The molecular weight excluding hydrogens is 268 g/mol. The lowest BCUT2D eigenvalue weighted by Gasteiger charge is -2.15. The molecule has 0 saturated heterocycles. The third-order valence-corrected chi connectivity index (χ3v) is 3.06. The maximum Gasteiger partial charge on any atom is 0.308 e. The van der Waals surface area contributed by atoms with E-state index < -0.39 is 5.97 Å². The van der Waals surface area contributed by atoms with Gasteiger partial charge in [-0.3, -0.25) is 4.79 Å². The van der Waals surface area contributed by atoms with Gasteiger partial charge < -0.3 is 14.6 Å². The van der Waals surface area contributed by atoms with E-state index >= 15 is 0 Å². The zero-order valence-corrected chi connectivity index (χ0v) is 11.5. The summed E-state index contributed by atoms with van der Waals surface area (Å²) in [6.07, 6.45) is 0. The van der Waals surface area contributed by atoms with Gasteiger partial charge in [-0.2, -0.15) is 0 Å². The molecular formula is C14H13ClO4. The van der Waals surface area contributed by atoms with Gasteiger partial charge >= 0.3 is 5.97 Å². The molecule has 0 aliphatic carbocycles. The molecule has 0 spiro atoms. The van der Waals surface area contributed by atoms with Gasteiger partial charge in [0, 0.05) is 28.3 Å². The number of esters is 1. The van der Waals surface area contributed by atoms with Crippen LogP contribution in [0.4, 0.5) is 0 Å². The van der Waals surface area contributed by atoms with Crippen molar-refractivity contribution in [1.29, 1.82) is 0 Å². The van der Waals surface area contributed by atoms with Gasteiger partial charge in [0.25, 0.3) is 0 Å². The third-order valence-electron chi connectivity index (χ3n) is 2.83. The van der Waals surface area contributed by atoms with Gasteiger partial charge in [0.05, 0.1) is 7.11 Å². The fraction of sp³-hybridized carbons (Fsp3) is 0.214. The van der Waals surface area contributed by atoms with Crippen molar-refractivity contribution in [2.75, 3.05) is 7.11 Å². The van der Waals surface area contributed by atoms with Gasteiger partial charge in [0.2, 0.25) is 0 Å². The molecule has 0 heterocycles. The second-order valence-electron chi connectivity index (χ2n) is 4.12. The van der Waals surface area contributed by atoms with E-state index in [0.29, 0.717) is 27.1 Å². The van der Waals surface area contributed by atoms with Crippen LogP contribution in [0.3, 0.4) is 0 Å². The highest BCUT2D eigenvalue weighted by molar-refractivity contribution is 6.31. The number of benzene rings is 2. The fourth-order valence-corrected chi connectivity index (χ4v) is 2.21. The number of aromatic hydroxyl groups is 1. The number of methoxy groups -OCH3 is 1. The largest absolute Gasteiger partial charge is 0.504 e. The van der Waals surface area contributed by atoms with Crippen LogP contribution in [0.5, 0.6) is 17.2 Å². The van der Waals surface area contributed by atoms with Crippen molar-refractivity contribution < 1.29 is 19.4 Å². The smallest absolute Gasteiger partial charge is 0.308 e. The third kappa shape index (κ3) is 2.31. The van der Waals surface area contributed by atoms with Crippen molar-refractivity contribution >= 4 is 28.3 Å². The molecule has 0 aliphatic heterocycles. The van der Waals surface area contributed by atoms with Gasteiger partial charge in [0.15, 0.2) is 11.5 Å². The van der Waals surface area contributed by atoms with Crippen LogP contribution < -0.4 is 9.47 Å². The minimum Gasteiger partial charge on any atom is -0.504 e. The van der Waals surface area contributed by atoms with E-state index in [9.17, 15) is 9.90 Å². The van der Waals surface area contributed by atoms with E-state index in [0.717, 1.165) is 0 Å². The highest BCUT2D eigenvalue weighted by Crippen LogP contribution is 2.45. The van der Waals surface area contributed by atoms with Crippen LogP contribution in [-0.2, 0) is 4.79 Å². The summed E-state index contributed by atoms with van der Waals surface area (Å²) in [6.45, 7) is 3.02. The first-order valence-electron chi connectivity index (χ1n) is 5.63. The Morgan fingerprint density at radius 3 is 2.53 bits per heavy atom. The molecule has 2 rings (SSSR count). The van der Waals surface area contributed by atoms with Crippen molar-refractivity contribution in [3.63, 3.8) is 0 Å². The predicted octanol–water partition coefficient (Wildman–Crippen LogP) is 3.44. The maximum absolute atomic E-state index is 11.2. The topological polar surface area (TPSA) is 55.8 Å². The molecule has 4 nitrogen and oxygen atoms in total. The van der Waals surface area contributed by atoms with E-state index in [1.54, 1.807) is 25.1 Å². The molecule has 19 heavy (non-hydrogen) atoms. The molecule has 0 atom stereocenters. The average Bonchev–Trinajstić information content (AvgIpc) is 2.34. The Hall–Kier alpha value is -1.94. The summed E-state index contributed by atoms with van der Waals surface area (Å²) in [5.41, 5.74) is 0.546. The number of halogens is 1. The first-order valence-corrected chi connectivity index (χ1v) is 6.00. The Balaban J connectivity index is 2.89. The monoisotopic (exact) mass is 280 g/mol. The van der Waals surface area contributed by atoms with Crippen LogP contribution in [0.2, 0.25) is 5.02 Å². The fourth-order valence-electron chi connectivity index (χ4n) is 2.04. The Labute approximate surface area is 115 Å². The highest BCUT2D eigenvalue weighted by Gasteiger charge is 2.19. The number of fused-ring (bicyclic) bond motifs is 1. The zero-order valence-electron chi connectivity index (χ0n) is 10.8. The predicted molar refractivity (Wildman–Crippen MR) is 73.2 cm³/mol. The van der Waals surface area contributed by atoms with Crippen LogP contribution in [0.15, 0.2) is 18.2 Å². The molecule has 0 saturated carbocycles. The van der Waals surface area contributed by atoms with Crippen LogP contribution in [0.1, 0.15) is 12.5 Å². The van der Waals surface area contributed by atoms with Gasteiger partial charge in [0.1, 0.15) is 5.75 Å². The first-order chi connectivity index (χ1) is 8.95. The SMILES string of the molecule is COc1c(C)c(OC(C)=O)c2cc(Cl)ccc2c1O. The number of rotatable bonds is 2. The lowest BCUT2D eigenvalue weighted by atomic mass is 10.0. The lowest BCUT2D eigenvalue weighted by molar-refractivity contribution is -0.131. The summed E-state index contributed by atoms with van der Waals surface area (Å²) >= 11 is 5.95. The summed E-state index contributed by atoms with van der Waals surface area (Å²) < 4.78 is 10.4. The summed E-state index contributed by atoms with van der Waals surface area (Å²) in [6, 6.07) is 4.94. The minimum absolute atomic E-state index is 0.00238. The number of carbonyl (C=O) groups excluding carboxylic acids is 1. The highest BCUT2D eigenvalue weighted by atomic mass is 35.5. The standard InChI is InChI=1S/C14H13ClO4/c1-7-13(19-8(2)16)11-6-9(15)4-5-10(11)12(17)14(7)18-3/h4-6,17H,1-3H3. The summed E-state index contributed by atoms with van der Waals surface area (Å²) in [4.78, 5) is 11.2. The van der Waals surface area contributed by atoms with E-state index in [4.69, 9.17) is 21.1 Å². The number of hydrogen-bond donors (Lipinski definition) is 1. The van der Waals surface area contributed by atoms with Gasteiger partial charge in [-0.25, -0.2) is 0 Å². The van der Waals surface area contributed by atoms with Crippen LogP contribution in [-0.4, -0.2) is 18.2 Å². The number of carbonyl (C=O) groups is 1. The second kappa shape index (κ2) is 4.97. The molecule has 0 aromatic heterocycles. The van der Waals surface area contributed by atoms with Crippen molar-refractivity contribution in [1.82, 2.24) is 0 Å². The summed E-state index contributed by atoms with van der Waals surface area (Å²) in [7, 11) is 1.45. The van der Waals surface area contributed by atoms with E-state index in [1.165, 1.54) is 14.0 Å². The molecule has 0 radical (unpaired) electrons. The van der Waals surface area contributed by atoms with Crippen molar-refractivity contribution in [2.24, 2.45) is 0 Å². The molecule has 0 unspecified atom stereocenters. The zero-order chi connectivity index (χ0) is 14.2. The second-order valence-corrected chi connectivity index (χ2v) is 4.56. The van der Waals surface area contributed by atoms with Crippen molar-refractivity contribution in [3.05, 3.63) is 28.8 Å². The molecule has 2 aromatic carbocycles. The molecule has 0 amide bonds. The molecule has 0 aliphatic rings. The number of hydrogen-bond acceptors (Lipinski definition) is 4. The molecule has 2 aromatic rings. The molecule has 1 N–H and O–H groups in total.